The normalized spacial score (nSPS) is 13.4. The number of amides is 1. The van der Waals surface area contributed by atoms with Gasteiger partial charge in [0, 0.05) is 11.3 Å². The summed E-state index contributed by atoms with van der Waals surface area (Å²) < 4.78 is 10.4. The van der Waals surface area contributed by atoms with Gasteiger partial charge in [-0.3, -0.25) is 4.79 Å². The lowest BCUT2D eigenvalue weighted by molar-refractivity contribution is 0.0595. The van der Waals surface area contributed by atoms with Crippen LogP contribution in [-0.2, 0) is 4.74 Å². The van der Waals surface area contributed by atoms with Gasteiger partial charge in [0.15, 0.2) is 5.75 Å². The van der Waals surface area contributed by atoms with E-state index >= 15 is 0 Å². The second-order valence-electron chi connectivity index (χ2n) is 5.68. The lowest BCUT2D eigenvalue weighted by Gasteiger charge is -2.30. The zero-order valence-corrected chi connectivity index (χ0v) is 14.6. The Morgan fingerprint density at radius 2 is 2.17 bits per heavy atom. The number of fused-ring (bicyclic) bond motifs is 1. The van der Waals surface area contributed by atoms with Crippen LogP contribution in [0.5, 0.6) is 5.75 Å². The van der Waals surface area contributed by atoms with Crippen LogP contribution in [0, 0.1) is 0 Å². The van der Waals surface area contributed by atoms with Gasteiger partial charge in [-0.2, -0.15) is 0 Å². The second-order valence-corrected chi connectivity index (χ2v) is 6.57. The summed E-state index contributed by atoms with van der Waals surface area (Å²) in [4.78, 5) is 30.8. The summed E-state index contributed by atoms with van der Waals surface area (Å²) in [6, 6.07) is 5.09. The van der Waals surface area contributed by atoms with Crippen molar-refractivity contribution < 1.29 is 19.1 Å². The molecule has 1 aliphatic heterocycles. The highest BCUT2D eigenvalue weighted by Crippen LogP contribution is 2.36. The van der Waals surface area contributed by atoms with Crippen LogP contribution in [0.1, 0.15) is 45.6 Å². The molecule has 0 unspecified atom stereocenters. The van der Waals surface area contributed by atoms with Gasteiger partial charge in [-0.1, -0.05) is 19.9 Å². The molecule has 2 heterocycles. The van der Waals surface area contributed by atoms with E-state index in [2.05, 4.69) is 4.98 Å². The lowest BCUT2D eigenvalue weighted by atomic mass is 10.1. The van der Waals surface area contributed by atoms with Gasteiger partial charge in [-0.15, -0.1) is 11.3 Å². The third-order valence-electron chi connectivity index (χ3n) is 3.73. The number of thiazole rings is 1. The molecule has 1 amide bonds. The Bertz CT molecular complexity index is 785. The fourth-order valence-electron chi connectivity index (χ4n) is 2.52. The van der Waals surface area contributed by atoms with E-state index in [1.165, 1.54) is 18.4 Å². The van der Waals surface area contributed by atoms with Gasteiger partial charge in [-0.05, 0) is 12.1 Å². The van der Waals surface area contributed by atoms with Crippen molar-refractivity contribution in [1.82, 2.24) is 4.98 Å². The summed E-state index contributed by atoms with van der Waals surface area (Å²) in [6.45, 7) is 4.80. The van der Waals surface area contributed by atoms with E-state index < -0.39 is 5.97 Å². The Hall–Kier alpha value is -2.41. The molecule has 1 aliphatic rings. The SMILES string of the molecule is COC(=O)c1cccc2c1OCCN2C(=O)c1csc(C(C)C)n1. The van der Waals surface area contributed by atoms with Crippen molar-refractivity contribution >= 4 is 28.9 Å². The van der Waals surface area contributed by atoms with Gasteiger partial charge in [-0.25, -0.2) is 9.78 Å². The number of carbonyl (C=O) groups excluding carboxylic acids is 2. The fourth-order valence-corrected chi connectivity index (χ4v) is 3.33. The zero-order valence-electron chi connectivity index (χ0n) is 13.7. The number of hydrogen-bond donors (Lipinski definition) is 0. The third kappa shape index (κ3) is 2.87. The number of methoxy groups -OCH3 is 1. The Morgan fingerprint density at radius 3 is 2.83 bits per heavy atom. The number of aromatic nitrogens is 1. The van der Waals surface area contributed by atoms with E-state index in [-0.39, 0.29) is 11.8 Å². The number of hydrogen-bond acceptors (Lipinski definition) is 6. The predicted octanol–water partition coefficient (Wildman–Crippen LogP) is 3.09. The minimum Gasteiger partial charge on any atom is -0.489 e. The average molecular weight is 346 g/mol. The Kier molecular flexibility index (Phi) is 4.53. The Morgan fingerprint density at radius 1 is 1.38 bits per heavy atom. The fraction of sp³-hybridized carbons (Fsp3) is 0.353. The summed E-state index contributed by atoms with van der Waals surface area (Å²) in [5.74, 6) is -0.0238. The molecule has 0 spiro atoms. The molecule has 0 N–H and O–H groups in total. The first kappa shape index (κ1) is 16.4. The largest absolute Gasteiger partial charge is 0.489 e. The maximum Gasteiger partial charge on any atom is 0.341 e. The van der Waals surface area contributed by atoms with Crippen LogP contribution in [0.3, 0.4) is 0 Å². The van der Waals surface area contributed by atoms with Gasteiger partial charge >= 0.3 is 5.97 Å². The molecule has 0 fully saturated rings. The zero-order chi connectivity index (χ0) is 17.3. The highest BCUT2D eigenvalue weighted by molar-refractivity contribution is 7.09. The number of nitrogens with zero attached hydrogens (tertiary/aromatic N) is 2. The monoisotopic (exact) mass is 346 g/mol. The lowest BCUT2D eigenvalue weighted by Crippen LogP contribution is -2.38. The summed E-state index contributed by atoms with van der Waals surface area (Å²) >= 11 is 1.48. The summed E-state index contributed by atoms with van der Waals surface area (Å²) in [5, 5.41) is 2.70. The number of ether oxygens (including phenoxy) is 2. The predicted molar refractivity (Wildman–Crippen MR) is 91.2 cm³/mol. The van der Waals surface area contributed by atoms with Crippen molar-refractivity contribution in [1.29, 1.82) is 0 Å². The maximum absolute atomic E-state index is 12.8. The summed E-state index contributed by atoms with van der Waals surface area (Å²) in [5.41, 5.74) is 1.29. The van der Waals surface area contributed by atoms with Crippen LogP contribution in [0.15, 0.2) is 23.6 Å². The first-order valence-electron chi connectivity index (χ1n) is 7.64. The molecule has 0 aliphatic carbocycles. The standard InChI is InChI=1S/C17H18N2O4S/c1-10(2)15-18-12(9-24-15)16(20)19-7-8-23-14-11(17(21)22-3)5-4-6-13(14)19/h4-6,9-10H,7-8H2,1-3H3. The molecule has 0 saturated carbocycles. The molecule has 1 aromatic carbocycles. The van der Waals surface area contributed by atoms with Crippen molar-refractivity contribution in [3.63, 3.8) is 0 Å². The average Bonchev–Trinajstić information content (AvgIpc) is 3.09. The van der Waals surface area contributed by atoms with Gasteiger partial charge in [0.25, 0.3) is 5.91 Å². The van der Waals surface area contributed by atoms with Crippen molar-refractivity contribution in [2.24, 2.45) is 0 Å². The van der Waals surface area contributed by atoms with Crippen molar-refractivity contribution in [2.45, 2.75) is 19.8 Å². The second kappa shape index (κ2) is 6.60. The molecule has 2 aromatic rings. The minimum atomic E-state index is -0.489. The molecule has 3 rings (SSSR count). The summed E-state index contributed by atoms with van der Waals surface area (Å²) in [7, 11) is 1.32. The molecule has 7 heteroatoms. The molecule has 6 nitrogen and oxygen atoms in total. The van der Waals surface area contributed by atoms with Crippen LogP contribution < -0.4 is 9.64 Å². The number of carbonyl (C=O) groups is 2. The van der Waals surface area contributed by atoms with Crippen LogP contribution in [0.25, 0.3) is 0 Å². The van der Waals surface area contributed by atoms with Gasteiger partial charge in [0.2, 0.25) is 0 Å². The smallest absolute Gasteiger partial charge is 0.341 e. The molecule has 0 bridgehead atoms. The number of rotatable bonds is 3. The summed E-state index contributed by atoms with van der Waals surface area (Å²) in [6.07, 6.45) is 0. The van der Waals surface area contributed by atoms with Crippen molar-refractivity contribution in [3.8, 4) is 5.75 Å². The Balaban J connectivity index is 1.97. The first-order chi connectivity index (χ1) is 11.5. The minimum absolute atomic E-state index is 0.190. The van der Waals surface area contributed by atoms with E-state index in [1.54, 1.807) is 28.5 Å². The topological polar surface area (TPSA) is 68.7 Å². The van der Waals surface area contributed by atoms with Crippen LogP contribution in [0.4, 0.5) is 5.69 Å². The van der Waals surface area contributed by atoms with Gasteiger partial charge in [0.1, 0.15) is 17.9 Å². The van der Waals surface area contributed by atoms with Crippen molar-refractivity contribution in [3.05, 3.63) is 39.8 Å². The van der Waals surface area contributed by atoms with E-state index in [4.69, 9.17) is 9.47 Å². The van der Waals surface area contributed by atoms with E-state index in [0.717, 1.165) is 5.01 Å². The molecule has 1 aromatic heterocycles. The highest BCUT2D eigenvalue weighted by atomic mass is 32.1. The van der Waals surface area contributed by atoms with Crippen molar-refractivity contribution in [2.75, 3.05) is 25.2 Å². The van der Waals surface area contributed by atoms with E-state index in [0.29, 0.717) is 35.8 Å². The number of anilines is 1. The molecule has 24 heavy (non-hydrogen) atoms. The quantitative estimate of drug-likeness (QED) is 0.799. The molecule has 0 atom stereocenters. The molecule has 126 valence electrons. The van der Waals surface area contributed by atoms with Gasteiger partial charge in [0.05, 0.1) is 24.3 Å². The van der Waals surface area contributed by atoms with Crippen LogP contribution in [-0.4, -0.2) is 37.1 Å². The van der Waals surface area contributed by atoms with Gasteiger partial charge < -0.3 is 14.4 Å². The molecular formula is C17H18N2O4S. The molecule has 0 saturated heterocycles. The van der Waals surface area contributed by atoms with Crippen LogP contribution in [0.2, 0.25) is 0 Å². The first-order valence-corrected chi connectivity index (χ1v) is 8.52. The number of esters is 1. The van der Waals surface area contributed by atoms with E-state index in [9.17, 15) is 9.59 Å². The Labute approximate surface area is 144 Å². The van der Waals surface area contributed by atoms with E-state index in [1.807, 2.05) is 13.8 Å². The number of benzene rings is 1. The maximum atomic E-state index is 12.8. The highest BCUT2D eigenvalue weighted by Gasteiger charge is 2.29. The van der Waals surface area contributed by atoms with Crippen LogP contribution >= 0.6 is 11.3 Å². The molecular weight excluding hydrogens is 328 g/mol. The molecule has 0 radical (unpaired) electrons. The number of para-hydroxylation sites is 1. The third-order valence-corrected chi connectivity index (χ3v) is 4.88.